The van der Waals surface area contributed by atoms with Crippen LogP contribution < -0.4 is 10.1 Å². The van der Waals surface area contributed by atoms with E-state index in [1.807, 2.05) is 11.8 Å². The van der Waals surface area contributed by atoms with Crippen molar-refractivity contribution in [2.75, 3.05) is 19.7 Å². The van der Waals surface area contributed by atoms with Gasteiger partial charge in [-0.15, -0.1) is 0 Å². The quantitative estimate of drug-likeness (QED) is 0.781. The number of hydrogen-bond donors (Lipinski definition) is 1. The lowest BCUT2D eigenvalue weighted by Gasteiger charge is -2.23. The molecule has 1 aliphatic rings. The van der Waals surface area contributed by atoms with Crippen LogP contribution >= 0.6 is 0 Å². The summed E-state index contributed by atoms with van der Waals surface area (Å²) < 4.78 is 5.60. The van der Waals surface area contributed by atoms with Crippen molar-refractivity contribution < 1.29 is 14.3 Å². The van der Waals surface area contributed by atoms with Gasteiger partial charge in [0.2, 0.25) is 5.91 Å². The number of amides is 2. The highest BCUT2D eigenvalue weighted by atomic mass is 16.5. The summed E-state index contributed by atoms with van der Waals surface area (Å²) in [7, 11) is 0. The third-order valence-corrected chi connectivity index (χ3v) is 4.35. The molecular formula is C19H28N2O3. The molecule has 1 aliphatic heterocycles. The molecule has 1 aromatic rings. The number of benzene rings is 1. The molecule has 0 aromatic heterocycles. The standard InChI is InChI=1S/C19H28N2O3/c1-3-5-14-24-16-11-9-15(10-12-16)18(22)20-17-8-6-7-13-21(4-2)19(17)23/h9-12,17H,3-8,13-14H2,1-2H3,(H,20,22). The molecule has 1 heterocycles. The highest BCUT2D eigenvalue weighted by Crippen LogP contribution is 2.15. The molecule has 5 nitrogen and oxygen atoms in total. The minimum atomic E-state index is -0.416. The molecule has 0 spiro atoms. The Morgan fingerprint density at radius 2 is 2.00 bits per heavy atom. The minimum absolute atomic E-state index is 0.0304. The van der Waals surface area contributed by atoms with Crippen molar-refractivity contribution in [1.29, 1.82) is 0 Å². The van der Waals surface area contributed by atoms with E-state index in [2.05, 4.69) is 12.2 Å². The molecule has 1 N–H and O–H groups in total. The van der Waals surface area contributed by atoms with Crippen LogP contribution in [0.25, 0.3) is 0 Å². The Kier molecular flexibility index (Phi) is 7.09. The first-order chi connectivity index (χ1) is 11.7. The zero-order valence-corrected chi connectivity index (χ0v) is 14.7. The van der Waals surface area contributed by atoms with Crippen LogP contribution in [0.5, 0.6) is 5.75 Å². The van der Waals surface area contributed by atoms with E-state index in [0.29, 0.717) is 25.1 Å². The average molecular weight is 332 g/mol. The predicted molar refractivity (Wildman–Crippen MR) is 94.2 cm³/mol. The van der Waals surface area contributed by atoms with Crippen LogP contribution in [0.2, 0.25) is 0 Å². The van der Waals surface area contributed by atoms with Gasteiger partial charge in [0.05, 0.1) is 6.61 Å². The van der Waals surface area contributed by atoms with E-state index < -0.39 is 6.04 Å². The fourth-order valence-corrected chi connectivity index (χ4v) is 2.83. The summed E-state index contributed by atoms with van der Waals surface area (Å²) in [4.78, 5) is 26.7. The van der Waals surface area contributed by atoms with E-state index in [-0.39, 0.29) is 11.8 Å². The molecule has 1 atom stereocenters. The smallest absolute Gasteiger partial charge is 0.251 e. The van der Waals surface area contributed by atoms with Crippen molar-refractivity contribution in [1.82, 2.24) is 10.2 Å². The van der Waals surface area contributed by atoms with Crippen molar-refractivity contribution >= 4 is 11.8 Å². The monoisotopic (exact) mass is 332 g/mol. The summed E-state index contributed by atoms with van der Waals surface area (Å²) in [5.41, 5.74) is 0.554. The van der Waals surface area contributed by atoms with E-state index in [1.54, 1.807) is 24.3 Å². The third kappa shape index (κ3) is 4.98. The highest BCUT2D eigenvalue weighted by Gasteiger charge is 2.27. The van der Waals surface area contributed by atoms with Gasteiger partial charge in [-0.1, -0.05) is 13.3 Å². The maximum absolute atomic E-state index is 12.4. The maximum atomic E-state index is 12.4. The SMILES string of the molecule is CCCCOc1ccc(C(=O)NC2CCCCN(CC)C2=O)cc1. The zero-order valence-electron chi connectivity index (χ0n) is 14.7. The molecule has 1 saturated heterocycles. The topological polar surface area (TPSA) is 58.6 Å². The molecule has 5 heteroatoms. The van der Waals surface area contributed by atoms with Gasteiger partial charge < -0.3 is 15.0 Å². The number of likely N-dealkylation sites (N-methyl/N-ethyl adjacent to an activating group) is 1. The van der Waals surface area contributed by atoms with Crippen LogP contribution in [-0.4, -0.2) is 42.5 Å². The molecular weight excluding hydrogens is 304 g/mol. The maximum Gasteiger partial charge on any atom is 0.251 e. The predicted octanol–water partition coefficient (Wildman–Crippen LogP) is 3.00. The molecule has 0 saturated carbocycles. The normalized spacial score (nSPS) is 18.2. The summed E-state index contributed by atoms with van der Waals surface area (Å²) in [5, 5.41) is 2.89. The lowest BCUT2D eigenvalue weighted by molar-refractivity contribution is -0.132. The van der Waals surface area contributed by atoms with Crippen molar-refractivity contribution in [2.24, 2.45) is 0 Å². The Morgan fingerprint density at radius 3 is 2.67 bits per heavy atom. The molecule has 2 amide bonds. The van der Waals surface area contributed by atoms with Crippen molar-refractivity contribution in [3.63, 3.8) is 0 Å². The Morgan fingerprint density at radius 1 is 1.25 bits per heavy atom. The van der Waals surface area contributed by atoms with E-state index >= 15 is 0 Å². The average Bonchev–Trinajstić information content (AvgIpc) is 2.77. The Hall–Kier alpha value is -2.04. The molecule has 0 aliphatic carbocycles. The number of rotatable bonds is 7. The summed E-state index contributed by atoms with van der Waals surface area (Å²) >= 11 is 0. The molecule has 1 aromatic carbocycles. The first kappa shape index (κ1) is 18.3. The van der Waals surface area contributed by atoms with Gasteiger partial charge in [0.15, 0.2) is 0 Å². The summed E-state index contributed by atoms with van der Waals surface area (Å²) in [6.07, 6.45) is 4.76. The number of likely N-dealkylation sites (tertiary alicyclic amines) is 1. The van der Waals surface area contributed by atoms with E-state index in [4.69, 9.17) is 4.74 Å². The van der Waals surface area contributed by atoms with E-state index in [9.17, 15) is 9.59 Å². The number of ether oxygens (including phenoxy) is 1. The Bertz CT molecular complexity index is 542. The fraction of sp³-hybridized carbons (Fsp3) is 0.579. The lowest BCUT2D eigenvalue weighted by Crippen LogP contribution is -2.47. The van der Waals surface area contributed by atoms with Gasteiger partial charge >= 0.3 is 0 Å². The number of carbonyl (C=O) groups is 2. The van der Waals surface area contributed by atoms with Crippen molar-refractivity contribution in [3.05, 3.63) is 29.8 Å². The molecule has 1 fully saturated rings. The van der Waals surface area contributed by atoms with Gasteiger partial charge in [-0.3, -0.25) is 9.59 Å². The second-order valence-electron chi connectivity index (χ2n) is 6.17. The molecule has 0 bridgehead atoms. The first-order valence-electron chi connectivity index (χ1n) is 8.98. The number of hydrogen-bond acceptors (Lipinski definition) is 3. The van der Waals surface area contributed by atoms with Crippen molar-refractivity contribution in [2.45, 2.75) is 52.0 Å². The van der Waals surface area contributed by atoms with Crippen LogP contribution in [0.1, 0.15) is 56.3 Å². The van der Waals surface area contributed by atoms with Crippen LogP contribution in [-0.2, 0) is 4.79 Å². The fourth-order valence-electron chi connectivity index (χ4n) is 2.83. The molecule has 1 unspecified atom stereocenters. The Balaban J connectivity index is 1.94. The van der Waals surface area contributed by atoms with E-state index in [0.717, 1.165) is 38.0 Å². The van der Waals surface area contributed by atoms with E-state index in [1.165, 1.54) is 0 Å². The number of carbonyl (C=O) groups excluding carboxylic acids is 2. The number of nitrogens with zero attached hydrogens (tertiary/aromatic N) is 1. The van der Waals surface area contributed by atoms with Gasteiger partial charge in [-0.2, -0.15) is 0 Å². The second kappa shape index (κ2) is 9.30. The Labute approximate surface area is 144 Å². The van der Waals surface area contributed by atoms with Gasteiger partial charge in [0, 0.05) is 18.7 Å². The van der Waals surface area contributed by atoms with Gasteiger partial charge in [0.25, 0.3) is 5.91 Å². The summed E-state index contributed by atoms with van der Waals surface area (Å²) in [6.45, 7) is 6.25. The lowest BCUT2D eigenvalue weighted by atomic mass is 10.1. The van der Waals surface area contributed by atoms with Crippen LogP contribution in [0.3, 0.4) is 0 Å². The largest absolute Gasteiger partial charge is 0.494 e. The van der Waals surface area contributed by atoms with Gasteiger partial charge in [-0.05, 0) is 56.9 Å². The second-order valence-corrected chi connectivity index (χ2v) is 6.17. The highest BCUT2D eigenvalue weighted by molar-refractivity contribution is 5.97. The van der Waals surface area contributed by atoms with Crippen LogP contribution in [0.15, 0.2) is 24.3 Å². The number of unbranched alkanes of at least 4 members (excludes halogenated alkanes) is 1. The van der Waals surface area contributed by atoms with Crippen molar-refractivity contribution in [3.8, 4) is 5.75 Å². The van der Waals surface area contributed by atoms with Gasteiger partial charge in [0.1, 0.15) is 11.8 Å². The molecule has 0 radical (unpaired) electrons. The minimum Gasteiger partial charge on any atom is -0.494 e. The third-order valence-electron chi connectivity index (χ3n) is 4.35. The zero-order chi connectivity index (χ0) is 17.4. The van der Waals surface area contributed by atoms with Crippen LogP contribution in [0.4, 0.5) is 0 Å². The summed E-state index contributed by atoms with van der Waals surface area (Å²) in [6, 6.07) is 6.68. The first-order valence-corrected chi connectivity index (χ1v) is 8.98. The summed E-state index contributed by atoms with van der Waals surface area (Å²) in [5.74, 6) is 0.594. The van der Waals surface area contributed by atoms with Gasteiger partial charge in [-0.25, -0.2) is 0 Å². The number of nitrogens with one attached hydrogen (secondary N) is 1. The molecule has 2 rings (SSSR count). The molecule has 132 valence electrons. The van der Waals surface area contributed by atoms with Crippen LogP contribution in [0, 0.1) is 0 Å². The molecule has 24 heavy (non-hydrogen) atoms.